The highest BCUT2D eigenvalue weighted by atomic mass is 16.5. The first-order chi connectivity index (χ1) is 7.31. The predicted octanol–water partition coefficient (Wildman–Crippen LogP) is 2.17. The molecule has 0 amide bonds. The summed E-state index contributed by atoms with van der Waals surface area (Å²) in [5.41, 5.74) is 0.420. The fraction of sp³-hybridized carbons (Fsp3) is 0.636. The molecule has 1 aliphatic carbocycles. The highest BCUT2D eigenvalue weighted by Crippen LogP contribution is 2.29. The lowest BCUT2D eigenvalue weighted by atomic mass is 10.2. The van der Waals surface area contributed by atoms with E-state index in [0.29, 0.717) is 18.3 Å². The van der Waals surface area contributed by atoms with E-state index in [1.165, 1.54) is 25.7 Å². The van der Waals surface area contributed by atoms with Gasteiger partial charge in [-0.2, -0.15) is 0 Å². The van der Waals surface area contributed by atoms with Gasteiger partial charge in [0.2, 0.25) is 0 Å². The van der Waals surface area contributed by atoms with Gasteiger partial charge in [-0.15, -0.1) is 0 Å². The number of nitrogens with zero attached hydrogens (tertiary/aromatic N) is 2. The zero-order valence-corrected chi connectivity index (χ0v) is 8.98. The molecule has 0 radical (unpaired) electrons. The maximum Gasteiger partial charge on any atom is 0.358 e. The maximum atomic E-state index is 11.4. The van der Waals surface area contributed by atoms with Crippen molar-refractivity contribution in [2.24, 2.45) is 0 Å². The van der Waals surface area contributed by atoms with Crippen LogP contribution < -0.4 is 0 Å². The Morgan fingerprint density at radius 2 is 2.33 bits per heavy atom. The Kier molecular flexibility index (Phi) is 3.04. The van der Waals surface area contributed by atoms with E-state index in [1.54, 1.807) is 19.4 Å². The Bertz CT molecular complexity index is 340. The van der Waals surface area contributed by atoms with E-state index >= 15 is 0 Å². The number of carbonyl (C=O) groups excluding carboxylic acids is 1. The zero-order valence-electron chi connectivity index (χ0n) is 8.98. The molecule has 1 fully saturated rings. The average Bonchev–Trinajstić information content (AvgIpc) is 2.89. The average molecular weight is 208 g/mol. The van der Waals surface area contributed by atoms with Crippen molar-refractivity contribution in [3.8, 4) is 0 Å². The number of hydrogen-bond acceptors (Lipinski definition) is 3. The fourth-order valence-electron chi connectivity index (χ4n) is 2.05. The molecule has 0 aromatic carbocycles. The topological polar surface area (TPSA) is 44.1 Å². The molecule has 2 rings (SSSR count). The van der Waals surface area contributed by atoms with Crippen LogP contribution in [0.4, 0.5) is 0 Å². The van der Waals surface area contributed by atoms with E-state index in [-0.39, 0.29) is 5.97 Å². The summed E-state index contributed by atoms with van der Waals surface area (Å²) in [6, 6.07) is 0.528. The van der Waals surface area contributed by atoms with E-state index < -0.39 is 0 Å². The molecule has 1 saturated carbocycles. The lowest BCUT2D eigenvalue weighted by Gasteiger charge is -2.09. The molecule has 1 aliphatic rings. The van der Waals surface area contributed by atoms with Gasteiger partial charge in [0.05, 0.1) is 12.9 Å². The number of imidazole rings is 1. The summed E-state index contributed by atoms with van der Waals surface area (Å²) in [4.78, 5) is 15.4. The van der Waals surface area contributed by atoms with Gasteiger partial charge in [0, 0.05) is 12.2 Å². The smallest absolute Gasteiger partial charge is 0.358 e. The summed E-state index contributed by atoms with van der Waals surface area (Å²) < 4.78 is 6.93. The normalized spacial score (nSPS) is 16.9. The Labute approximate surface area is 89.3 Å². The van der Waals surface area contributed by atoms with Crippen LogP contribution in [-0.2, 0) is 4.74 Å². The summed E-state index contributed by atoms with van der Waals surface area (Å²) in [5.74, 6) is -0.325. The van der Waals surface area contributed by atoms with Crippen molar-refractivity contribution in [3.05, 3.63) is 18.2 Å². The molecule has 1 aromatic rings. The largest absolute Gasteiger partial charge is 0.461 e. The molecule has 0 unspecified atom stereocenters. The number of carbonyl (C=O) groups is 1. The molecule has 0 aliphatic heterocycles. The number of aromatic nitrogens is 2. The van der Waals surface area contributed by atoms with Crippen LogP contribution in [0.5, 0.6) is 0 Å². The van der Waals surface area contributed by atoms with Crippen LogP contribution >= 0.6 is 0 Å². The van der Waals surface area contributed by atoms with Gasteiger partial charge in [-0.1, -0.05) is 12.8 Å². The quantitative estimate of drug-likeness (QED) is 0.715. The van der Waals surface area contributed by atoms with Crippen LogP contribution in [0.1, 0.15) is 49.1 Å². The number of rotatable bonds is 3. The summed E-state index contributed by atoms with van der Waals surface area (Å²) >= 11 is 0. The third-order valence-electron chi connectivity index (χ3n) is 2.83. The lowest BCUT2D eigenvalue weighted by Crippen LogP contribution is -2.05. The third-order valence-corrected chi connectivity index (χ3v) is 2.83. The van der Waals surface area contributed by atoms with Gasteiger partial charge < -0.3 is 9.30 Å². The summed E-state index contributed by atoms with van der Waals surface area (Å²) in [6.45, 7) is 2.20. The second-order valence-corrected chi connectivity index (χ2v) is 3.86. The van der Waals surface area contributed by atoms with Crippen molar-refractivity contribution in [1.82, 2.24) is 9.55 Å². The zero-order chi connectivity index (χ0) is 10.7. The van der Waals surface area contributed by atoms with Gasteiger partial charge in [-0.3, -0.25) is 0 Å². The second-order valence-electron chi connectivity index (χ2n) is 3.86. The van der Waals surface area contributed by atoms with Crippen molar-refractivity contribution in [1.29, 1.82) is 0 Å². The van der Waals surface area contributed by atoms with E-state index in [2.05, 4.69) is 4.98 Å². The van der Waals surface area contributed by atoms with Crippen LogP contribution in [0.15, 0.2) is 12.5 Å². The van der Waals surface area contributed by atoms with Crippen LogP contribution in [0, 0.1) is 0 Å². The van der Waals surface area contributed by atoms with Gasteiger partial charge >= 0.3 is 5.97 Å². The minimum Gasteiger partial charge on any atom is -0.461 e. The molecule has 4 heteroatoms. The van der Waals surface area contributed by atoms with Gasteiger partial charge in [0.1, 0.15) is 0 Å². The Morgan fingerprint density at radius 1 is 1.60 bits per heavy atom. The van der Waals surface area contributed by atoms with Gasteiger partial charge in [0.15, 0.2) is 5.69 Å². The van der Waals surface area contributed by atoms with Crippen LogP contribution in [0.25, 0.3) is 0 Å². The second kappa shape index (κ2) is 4.47. The van der Waals surface area contributed by atoms with Crippen molar-refractivity contribution in [2.45, 2.75) is 38.6 Å². The molecule has 82 valence electrons. The molecule has 0 N–H and O–H groups in total. The molecule has 15 heavy (non-hydrogen) atoms. The van der Waals surface area contributed by atoms with E-state index in [4.69, 9.17) is 4.74 Å². The minimum atomic E-state index is -0.325. The van der Waals surface area contributed by atoms with Crippen molar-refractivity contribution < 1.29 is 9.53 Å². The monoisotopic (exact) mass is 208 g/mol. The molecule has 1 heterocycles. The van der Waals surface area contributed by atoms with Gasteiger partial charge in [0.25, 0.3) is 0 Å². The lowest BCUT2D eigenvalue weighted by molar-refractivity contribution is 0.0520. The molecular weight excluding hydrogens is 192 g/mol. The third kappa shape index (κ3) is 2.19. The molecule has 0 atom stereocenters. The molecule has 4 nitrogen and oxygen atoms in total. The van der Waals surface area contributed by atoms with Crippen molar-refractivity contribution >= 4 is 5.97 Å². The summed E-state index contributed by atoms with van der Waals surface area (Å²) in [7, 11) is 0. The highest BCUT2D eigenvalue weighted by Gasteiger charge is 2.18. The first-order valence-corrected chi connectivity index (χ1v) is 5.52. The first kappa shape index (κ1) is 10.2. The highest BCUT2D eigenvalue weighted by molar-refractivity contribution is 5.86. The summed E-state index contributed by atoms with van der Waals surface area (Å²) in [6.07, 6.45) is 8.47. The van der Waals surface area contributed by atoms with Crippen LogP contribution in [-0.4, -0.2) is 22.1 Å². The standard InChI is InChI=1S/C11H16N2O2/c1-2-15-11(14)10-7-13(8-12-10)9-5-3-4-6-9/h7-9H,2-6H2,1H3. The molecular formula is C11H16N2O2. The van der Waals surface area contributed by atoms with E-state index in [9.17, 15) is 4.79 Å². The van der Waals surface area contributed by atoms with E-state index in [1.807, 2.05) is 4.57 Å². The Morgan fingerprint density at radius 3 is 3.00 bits per heavy atom. The van der Waals surface area contributed by atoms with Crippen molar-refractivity contribution in [3.63, 3.8) is 0 Å². The van der Waals surface area contributed by atoms with Crippen LogP contribution in [0.3, 0.4) is 0 Å². The van der Waals surface area contributed by atoms with Gasteiger partial charge in [-0.05, 0) is 19.8 Å². The Balaban J connectivity index is 2.06. The molecule has 0 spiro atoms. The predicted molar refractivity (Wildman–Crippen MR) is 55.7 cm³/mol. The minimum absolute atomic E-state index is 0.325. The molecule has 0 bridgehead atoms. The first-order valence-electron chi connectivity index (χ1n) is 5.52. The van der Waals surface area contributed by atoms with Crippen LogP contribution in [0.2, 0.25) is 0 Å². The number of esters is 1. The summed E-state index contributed by atoms with van der Waals surface area (Å²) in [5, 5.41) is 0. The molecule has 0 saturated heterocycles. The maximum absolute atomic E-state index is 11.4. The fourth-order valence-corrected chi connectivity index (χ4v) is 2.05. The number of ether oxygens (including phenoxy) is 1. The van der Waals surface area contributed by atoms with E-state index in [0.717, 1.165) is 0 Å². The SMILES string of the molecule is CCOC(=O)c1cn(C2CCCC2)cn1. The van der Waals surface area contributed by atoms with Crippen molar-refractivity contribution in [2.75, 3.05) is 6.61 Å². The Hall–Kier alpha value is -1.32. The molecule has 1 aromatic heterocycles. The van der Waals surface area contributed by atoms with Gasteiger partial charge in [-0.25, -0.2) is 9.78 Å². The number of hydrogen-bond donors (Lipinski definition) is 0.